The van der Waals surface area contributed by atoms with Crippen molar-refractivity contribution in [3.8, 4) is 0 Å². The first kappa shape index (κ1) is 7.43. The van der Waals surface area contributed by atoms with E-state index in [9.17, 15) is 4.79 Å². The summed E-state index contributed by atoms with van der Waals surface area (Å²) in [6.07, 6.45) is -0.201. The number of quaternary nitrogens is 1. The number of ether oxygens (including phenoxy) is 1. The number of amides is 1. The zero-order valence-corrected chi connectivity index (χ0v) is 5.52. The Morgan fingerprint density at radius 3 is 2.25 bits per heavy atom. The molecule has 3 nitrogen and oxygen atoms in total. The molecule has 0 atom stereocenters. The largest absolute Gasteiger partial charge is 0.513 e. The third-order valence-electron chi connectivity index (χ3n) is 0.684. The highest BCUT2D eigenvalue weighted by atomic mass is 16.5. The Morgan fingerprint density at radius 1 is 1.62 bits per heavy atom. The van der Waals surface area contributed by atoms with Gasteiger partial charge >= 0.3 is 6.09 Å². The molecule has 0 spiro atoms. The van der Waals surface area contributed by atoms with Crippen molar-refractivity contribution in [3.05, 3.63) is 0 Å². The molecular weight excluding hydrogens is 106 g/mol. The van der Waals surface area contributed by atoms with Crippen molar-refractivity contribution >= 4 is 6.09 Å². The number of alkyl carbamates (subject to hydrolysis) is 2. The van der Waals surface area contributed by atoms with Gasteiger partial charge in [-0.05, 0) is 6.92 Å². The van der Waals surface area contributed by atoms with Gasteiger partial charge in [0, 0.05) is 0 Å². The van der Waals surface area contributed by atoms with Gasteiger partial charge in [-0.3, -0.25) is 0 Å². The molecule has 0 fully saturated rings. The molecule has 0 aliphatic rings. The third kappa shape index (κ3) is 2.58. The van der Waals surface area contributed by atoms with Gasteiger partial charge in [-0.25, -0.2) is 4.90 Å². The van der Waals surface area contributed by atoms with Crippen LogP contribution < -0.4 is 4.90 Å². The molecule has 0 aromatic heterocycles. The highest BCUT2D eigenvalue weighted by Crippen LogP contribution is 1.66. The van der Waals surface area contributed by atoms with Crippen molar-refractivity contribution in [2.45, 2.75) is 6.92 Å². The Labute approximate surface area is 49.2 Å². The second-order valence-corrected chi connectivity index (χ2v) is 1.72. The predicted molar refractivity (Wildman–Crippen MR) is 29.8 cm³/mol. The summed E-state index contributed by atoms with van der Waals surface area (Å²) in [4.78, 5) is 11.2. The standard InChI is InChI=1S/C5H11NO2/c1-4-8-5(7)6(2)3/h4H2,1-3H3/p+1. The Bertz CT molecular complexity index is 80.5. The van der Waals surface area contributed by atoms with Crippen LogP contribution in [0.25, 0.3) is 0 Å². The zero-order valence-electron chi connectivity index (χ0n) is 5.52. The van der Waals surface area contributed by atoms with E-state index in [1.807, 2.05) is 0 Å². The minimum absolute atomic E-state index is 0.201. The fraction of sp³-hybridized carbons (Fsp3) is 0.800. The molecule has 0 aromatic carbocycles. The molecule has 0 aliphatic heterocycles. The quantitative estimate of drug-likeness (QED) is 0.493. The van der Waals surface area contributed by atoms with E-state index in [0.29, 0.717) is 11.5 Å². The lowest BCUT2D eigenvalue weighted by Crippen LogP contribution is -3.08. The molecule has 0 unspecified atom stereocenters. The van der Waals surface area contributed by atoms with Gasteiger partial charge in [0.2, 0.25) is 0 Å². The van der Waals surface area contributed by atoms with Crippen LogP contribution in [0.1, 0.15) is 6.92 Å². The molecule has 1 N–H and O–H groups in total. The van der Waals surface area contributed by atoms with E-state index in [1.54, 1.807) is 21.0 Å². The van der Waals surface area contributed by atoms with E-state index in [2.05, 4.69) is 4.74 Å². The van der Waals surface area contributed by atoms with Crippen LogP contribution in [0.2, 0.25) is 0 Å². The van der Waals surface area contributed by atoms with Crippen LogP contribution >= 0.6 is 0 Å². The Hall–Kier alpha value is -0.570. The molecule has 0 saturated heterocycles. The Balaban J connectivity index is 3.33. The van der Waals surface area contributed by atoms with Crippen LogP contribution in [0.15, 0.2) is 0 Å². The first-order valence-electron chi connectivity index (χ1n) is 2.65. The normalized spacial score (nSPS) is 9.50. The molecule has 0 aliphatic carbocycles. The van der Waals surface area contributed by atoms with Gasteiger partial charge in [0.15, 0.2) is 0 Å². The fourth-order valence-corrected chi connectivity index (χ4v) is 0.275. The topological polar surface area (TPSA) is 30.7 Å². The number of nitrogens with one attached hydrogen (secondary N) is 1. The van der Waals surface area contributed by atoms with Gasteiger partial charge in [0.1, 0.15) is 0 Å². The summed E-state index contributed by atoms with van der Waals surface area (Å²) in [6, 6.07) is 0. The monoisotopic (exact) mass is 118 g/mol. The molecule has 0 saturated carbocycles. The Kier molecular flexibility index (Phi) is 3.19. The van der Waals surface area contributed by atoms with Gasteiger partial charge in [0.05, 0.1) is 20.7 Å². The number of carbonyl (C=O) groups is 1. The summed E-state index contributed by atoms with van der Waals surface area (Å²) in [7, 11) is 3.47. The zero-order chi connectivity index (χ0) is 6.57. The van der Waals surface area contributed by atoms with Gasteiger partial charge in [-0.15, -0.1) is 0 Å². The van der Waals surface area contributed by atoms with Crippen molar-refractivity contribution in [2.24, 2.45) is 0 Å². The maximum absolute atomic E-state index is 10.5. The van der Waals surface area contributed by atoms with E-state index < -0.39 is 0 Å². The van der Waals surface area contributed by atoms with Crippen LogP contribution in [0.5, 0.6) is 0 Å². The van der Waals surface area contributed by atoms with Crippen molar-refractivity contribution in [3.63, 3.8) is 0 Å². The van der Waals surface area contributed by atoms with Crippen LogP contribution in [0.4, 0.5) is 4.79 Å². The average molecular weight is 118 g/mol. The second-order valence-electron chi connectivity index (χ2n) is 1.72. The number of hydrogen-bond donors (Lipinski definition) is 1. The molecule has 0 heterocycles. The molecule has 48 valence electrons. The molecule has 8 heavy (non-hydrogen) atoms. The summed E-state index contributed by atoms with van der Waals surface area (Å²) >= 11 is 0. The number of carbonyl (C=O) groups excluding carboxylic acids is 1. The summed E-state index contributed by atoms with van der Waals surface area (Å²) in [5.74, 6) is 0. The van der Waals surface area contributed by atoms with E-state index >= 15 is 0 Å². The Morgan fingerprint density at radius 2 is 2.12 bits per heavy atom. The van der Waals surface area contributed by atoms with Crippen molar-refractivity contribution in [1.29, 1.82) is 0 Å². The van der Waals surface area contributed by atoms with Crippen LogP contribution in [-0.4, -0.2) is 26.8 Å². The van der Waals surface area contributed by atoms with E-state index in [-0.39, 0.29) is 6.09 Å². The molecule has 0 bridgehead atoms. The summed E-state index contributed by atoms with van der Waals surface area (Å²) < 4.78 is 4.63. The second kappa shape index (κ2) is 3.43. The number of rotatable bonds is 1. The van der Waals surface area contributed by atoms with Gasteiger partial charge in [-0.2, -0.15) is 4.79 Å². The maximum atomic E-state index is 10.5. The lowest BCUT2D eigenvalue weighted by atomic mass is 10.8. The van der Waals surface area contributed by atoms with E-state index in [4.69, 9.17) is 0 Å². The first-order chi connectivity index (χ1) is 3.68. The highest BCUT2D eigenvalue weighted by Gasteiger charge is 2.07. The van der Waals surface area contributed by atoms with Gasteiger partial charge in [-0.1, -0.05) is 0 Å². The van der Waals surface area contributed by atoms with Crippen molar-refractivity contribution in [1.82, 2.24) is 0 Å². The van der Waals surface area contributed by atoms with E-state index in [1.165, 1.54) is 0 Å². The molecule has 3 heteroatoms. The molecule has 0 rings (SSSR count). The van der Waals surface area contributed by atoms with E-state index in [0.717, 1.165) is 0 Å². The average Bonchev–Trinajstić information content (AvgIpc) is 1.67. The number of hydrogen-bond acceptors (Lipinski definition) is 2. The molecule has 1 amide bonds. The predicted octanol–water partition coefficient (Wildman–Crippen LogP) is -0.713. The maximum Gasteiger partial charge on any atom is 0.513 e. The first-order valence-corrected chi connectivity index (χ1v) is 2.65. The minimum atomic E-state index is -0.201. The summed E-state index contributed by atoms with van der Waals surface area (Å²) in [5, 5.41) is 0. The van der Waals surface area contributed by atoms with Crippen molar-refractivity contribution < 1.29 is 14.4 Å². The van der Waals surface area contributed by atoms with Gasteiger partial charge < -0.3 is 4.74 Å². The minimum Gasteiger partial charge on any atom is -0.420 e. The molecule has 0 radical (unpaired) electrons. The lowest BCUT2D eigenvalue weighted by molar-refractivity contribution is -0.778. The summed E-state index contributed by atoms with van der Waals surface area (Å²) in [5.41, 5.74) is 0. The summed E-state index contributed by atoms with van der Waals surface area (Å²) in [6.45, 7) is 2.25. The molecule has 0 aromatic rings. The molecular formula is C5H12NO2+. The van der Waals surface area contributed by atoms with Gasteiger partial charge in [0.25, 0.3) is 0 Å². The highest BCUT2D eigenvalue weighted by molar-refractivity contribution is 5.56. The lowest BCUT2D eigenvalue weighted by Gasteiger charge is -2.01. The fourth-order valence-electron chi connectivity index (χ4n) is 0.275. The van der Waals surface area contributed by atoms with Crippen molar-refractivity contribution in [2.75, 3.05) is 20.7 Å². The SMILES string of the molecule is CCOC(=O)[NH+](C)C. The van der Waals surface area contributed by atoms with Crippen LogP contribution in [-0.2, 0) is 4.74 Å². The van der Waals surface area contributed by atoms with Crippen LogP contribution in [0, 0.1) is 0 Å². The smallest absolute Gasteiger partial charge is 0.420 e. The third-order valence-corrected chi connectivity index (χ3v) is 0.684. The van der Waals surface area contributed by atoms with Crippen LogP contribution in [0.3, 0.4) is 0 Å².